The van der Waals surface area contributed by atoms with Gasteiger partial charge in [0.2, 0.25) is 0 Å². The largest absolute Gasteiger partial charge is 0.472 e. The molecule has 0 saturated carbocycles. The highest BCUT2D eigenvalue weighted by Crippen LogP contribution is 2.43. The van der Waals surface area contributed by atoms with E-state index in [1.54, 1.807) is 26.8 Å². The maximum absolute atomic E-state index is 12.6. The first kappa shape index (κ1) is 33.5. The summed E-state index contributed by atoms with van der Waals surface area (Å²) >= 11 is 0. The van der Waals surface area contributed by atoms with E-state index in [9.17, 15) is 19.0 Å². The van der Waals surface area contributed by atoms with Gasteiger partial charge in [0.25, 0.3) is 0 Å². The minimum absolute atomic E-state index is 0.0225. The van der Waals surface area contributed by atoms with E-state index >= 15 is 0 Å². The van der Waals surface area contributed by atoms with Gasteiger partial charge in [-0.1, -0.05) is 66.2 Å². The predicted molar refractivity (Wildman–Crippen MR) is 138 cm³/mol. The van der Waals surface area contributed by atoms with Crippen molar-refractivity contribution in [2.24, 2.45) is 29.6 Å². The van der Waals surface area contributed by atoms with E-state index < -0.39 is 38.4 Å². The van der Waals surface area contributed by atoms with E-state index in [2.05, 4.69) is 39.5 Å². The molecule has 0 rings (SSSR count). The molecule has 1 N–H and O–H groups in total. The standard InChI is InChI=1S/C26H47O8P/c1-9-19(5)13-14-23(11-3)16-22(8)25(27)31-17-24(18-33-35(29,30)32-12-4)34-26(28)21(7)15-20(6)10-2/h10,13-14,19-24H,2,9,11-12,15-18H2,1,3-8H3,(H,29,30)/b14-13-/t19?,20?,21?,22?,23?,24-/m1/s1. The molecule has 9 heteroatoms. The Morgan fingerprint density at radius 3 is 2.06 bits per heavy atom. The van der Waals surface area contributed by atoms with Crippen molar-refractivity contribution in [3.05, 3.63) is 24.8 Å². The van der Waals surface area contributed by atoms with Crippen molar-refractivity contribution in [2.45, 2.75) is 80.3 Å². The van der Waals surface area contributed by atoms with Gasteiger partial charge < -0.3 is 14.4 Å². The molecule has 7 atom stereocenters. The van der Waals surface area contributed by atoms with Crippen molar-refractivity contribution in [1.82, 2.24) is 0 Å². The third-order valence-electron chi connectivity index (χ3n) is 5.88. The Bertz CT molecular complexity index is 707. The van der Waals surface area contributed by atoms with Gasteiger partial charge >= 0.3 is 19.8 Å². The zero-order chi connectivity index (χ0) is 27.0. The Morgan fingerprint density at radius 2 is 1.51 bits per heavy atom. The van der Waals surface area contributed by atoms with Crippen molar-refractivity contribution in [3.63, 3.8) is 0 Å². The lowest BCUT2D eigenvalue weighted by molar-refractivity contribution is -0.166. The molecular formula is C26H47O8P. The Kier molecular flexibility index (Phi) is 17.1. The Labute approximate surface area is 212 Å². The Morgan fingerprint density at radius 1 is 0.886 bits per heavy atom. The second kappa shape index (κ2) is 17.9. The zero-order valence-electron chi connectivity index (χ0n) is 22.6. The summed E-state index contributed by atoms with van der Waals surface area (Å²) in [6.07, 6.45) is 8.17. The van der Waals surface area contributed by atoms with Crippen LogP contribution in [0.15, 0.2) is 24.8 Å². The van der Waals surface area contributed by atoms with E-state index in [1.165, 1.54) is 0 Å². The molecule has 6 unspecified atom stereocenters. The number of ether oxygens (including phenoxy) is 2. The summed E-state index contributed by atoms with van der Waals surface area (Å²) in [5, 5.41) is 0. The molecular weight excluding hydrogens is 471 g/mol. The van der Waals surface area contributed by atoms with Crippen LogP contribution in [0.3, 0.4) is 0 Å². The van der Waals surface area contributed by atoms with Crippen LogP contribution in [0.25, 0.3) is 0 Å². The van der Waals surface area contributed by atoms with Crippen molar-refractivity contribution in [2.75, 3.05) is 19.8 Å². The summed E-state index contributed by atoms with van der Waals surface area (Å²) in [5.74, 6) is -0.884. The van der Waals surface area contributed by atoms with Gasteiger partial charge in [-0.15, -0.1) is 6.58 Å². The maximum Gasteiger partial charge on any atom is 0.472 e. The van der Waals surface area contributed by atoms with Crippen LogP contribution < -0.4 is 0 Å². The number of carbonyl (C=O) groups is 2. The average Bonchev–Trinajstić information content (AvgIpc) is 2.82. The summed E-state index contributed by atoms with van der Waals surface area (Å²) in [6, 6.07) is 0. The van der Waals surface area contributed by atoms with Gasteiger partial charge in [0.05, 0.1) is 25.0 Å². The summed E-state index contributed by atoms with van der Waals surface area (Å²) in [4.78, 5) is 34.9. The number of carbonyl (C=O) groups excluding carboxylic acids is 2. The third kappa shape index (κ3) is 15.3. The zero-order valence-corrected chi connectivity index (χ0v) is 23.5. The molecule has 0 bridgehead atoms. The highest BCUT2D eigenvalue weighted by Gasteiger charge is 2.28. The third-order valence-corrected chi connectivity index (χ3v) is 6.94. The summed E-state index contributed by atoms with van der Waals surface area (Å²) in [6.45, 7) is 16.3. The van der Waals surface area contributed by atoms with Crippen LogP contribution in [0.2, 0.25) is 0 Å². The van der Waals surface area contributed by atoms with Gasteiger partial charge in [0.1, 0.15) is 6.61 Å². The molecule has 8 nitrogen and oxygen atoms in total. The molecule has 0 aliphatic carbocycles. The smallest absolute Gasteiger partial charge is 0.461 e. The van der Waals surface area contributed by atoms with Crippen LogP contribution >= 0.6 is 7.82 Å². The van der Waals surface area contributed by atoms with Crippen molar-refractivity contribution in [3.8, 4) is 0 Å². The first-order valence-corrected chi connectivity index (χ1v) is 14.2. The second-order valence-corrected chi connectivity index (χ2v) is 10.7. The maximum atomic E-state index is 12.6. The van der Waals surface area contributed by atoms with Crippen LogP contribution in [-0.4, -0.2) is 42.8 Å². The lowest BCUT2D eigenvalue weighted by atomic mass is 9.92. The van der Waals surface area contributed by atoms with Crippen LogP contribution in [0.5, 0.6) is 0 Å². The fourth-order valence-corrected chi connectivity index (χ4v) is 4.01. The monoisotopic (exact) mass is 518 g/mol. The lowest BCUT2D eigenvalue weighted by Gasteiger charge is -2.23. The second-order valence-electron chi connectivity index (χ2n) is 9.30. The van der Waals surface area contributed by atoms with Gasteiger partial charge in [0.15, 0.2) is 6.10 Å². The summed E-state index contributed by atoms with van der Waals surface area (Å²) in [5.41, 5.74) is 0. The van der Waals surface area contributed by atoms with Crippen LogP contribution in [0.4, 0.5) is 0 Å². The molecule has 0 radical (unpaired) electrons. The van der Waals surface area contributed by atoms with Crippen molar-refractivity contribution in [1.29, 1.82) is 0 Å². The fourth-order valence-electron chi connectivity index (χ4n) is 3.26. The molecule has 0 aromatic heterocycles. The van der Waals surface area contributed by atoms with E-state index in [4.69, 9.17) is 18.5 Å². The molecule has 0 saturated heterocycles. The normalized spacial score (nSPS) is 18.6. The predicted octanol–water partition coefficient (Wildman–Crippen LogP) is 6.10. The van der Waals surface area contributed by atoms with E-state index in [0.29, 0.717) is 18.8 Å². The minimum Gasteiger partial charge on any atom is -0.461 e. The molecule has 0 aromatic carbocycles. The fraction of sp³-hybridized carbons (Fsp3) is 0.769. The van der Waals surface area contributed by atoms with Crippen LogP contribution in [0, 0.1) is 29.6 Å². The number of phosphoric acid groups is 1. The van der Waals surface area contributed by atoms with E-state index in [0.717, 1.165) is 12.8 Å². The molecule has 0 aromatic rings. The summed E-state index contributed by atoms with van der Waals surface area (Å²) in [7, 11) is -4.30. The number of esters is 2. The van der Waals surface area contributed by atoms with Crippen molar-refractivity contribution >= 4 is 19.8 Å². The molecule has 0 amide bonds. The topological polar surface area (TPSA) is 108 Å². The summed E-state index contributed by atoms with van der Waals surface area (Å²) < 4.78 is 32.4. The molecule has 0 heterocycles. The number of rotatable bonds is 19. The van der Waals surface area contributed by atoms with Crippen LogP contribution in [-0.2, 0) is 32.7 Å². The highest BCUT2D eigenvalue weighted by atomic mass is 31.2. The van der Waals surface area contributed by atoms with Gasteiger partial charge in [-0.25, -0.2) is 4.57 Å². The Hall–Kier alpha value is -1.47. The Balaban J connectivity index is 5.11. The first-order chi connectivity index (χ1) is 16.4. The minimum atomic E-state index is -4.30. The molecule has 0 aliphatic rings. The average molecular weight is 519 g/mol. The van der Waals surface area contributed by atoms with Gasteiger partial charge in [-0.05, 0) is 43.9 Å². The lowest BCUT2D eigenvalue weighted by Crippen LogP contribution is -2.33. The SMILES string of the molecule is C=CC(C)CC(C)C(=O)O[C@H](COC(=O)C(C)CC(/C=C\C(C)CC)CC)COP(=O)(O)OCC. The molecule has 204 valence electrons. The number of phosphoric ester groups is 1. The molecule has 0 spiro atoms. The quantitative estimate of drug-likeness (QED) is 0.124. The number of allylic oxidation sites excluding steroid dienone is 3. The molecule has 35 heavy (non-hydrogen) atoms. The molecule has 0 fully saturated rings. The van der Waals surface area contributed by atoms with E-state index in [-0.39, 0.29) is 31.0 Å². The first-order valence-electron chi connectivity index (χ1n) is 12.7. The molecule has 0 aliphatic heterocycles. The number of hydrogen-bond donors (Lipinski definition) is 1. The number of hydrogen-bond acceptors (Lipinski definition) is 7. The van der Waals surface area contributed by atoms with Crippen molar-refractivity contribution < 1.29 is 37.6 Å². The van der Waals surface area contributed by atoms with E-state index in [1.807, 2.05) is 6.92 Å². The van der Waals surface area contributed by atoms with Gasteiger partial charge in [-0.3, -0.25) is 18.6 Å². The highest BCUT2D eigenvalue weighted by molar-refractivity contribution is 7.47. The van der Waals surface area contributed by atoms with Crippen LogP contribution in [0.1, 0.15) is 74.1 Å². The van der Waals surface area contributed by atoms with Gasteiger partial charge in [0, 0.05) is 0 Å². The van der Waals surface area contributed by atoms with Gasteiger partial charge in [-0.2, -0.15) is 0 Å².